The summed E-state index contributed by atoms with van der Waals surface area (Å²) in [5.74, 6) is -1.75. The van der Waals surface area contributed by atoms with Crippen molar-refractivity contribution in [3.8, 4) is 0 Å². The second-order valence-electron chi connectivity index (χ2n) is 23.7. The summed E-state index contributed by atoms with van der Waals surface area (Å²) in [5.41, 5.74) is 13.2. The van der Waals surface area contributed by atoms with Crippen LogP contribution in [-0.2, 0) is 23.7 Å². The molecule has 19 atom stereocenters. The average molecular weight is 1010 g/mol. The van der Waals surface area contributed by atoms with E-state index >= 15 is 0 Å². The number of anilines is 1. The number of aliphatic hydroxyl groups excluding tert-OH is 1. The molecule has 0 bridgehead atoms. The maximum atomic E-state index is 14.8. The van der Waals surface area contributed by atoms with Gasteiger partial charge in [-0.3, -0.25) is 9.80 Å². The molecular weight excluding hydrogens is 918 g/mol. The molecule has 0 aromatic heterocycles. The smallest absolute Gasteiger partial charge is 0.309 e. The molecule has 1 aliphatic carbocycles. The second kappa shape index (κ2) is 25.3. The molecular formula is C56H96FN7O8. The highest BCUT2D eigenvalue weighted by molar-refractivity contribution is 5.73. The van der Waals surface area contributed by atoms with Crippen LogP contribution >= 0.6 is 0 Å². The lowest BCUT2D eigenvalue weighted by molar-refractivity contribution is -0.269. The Bertz CT molecular complexity index is 1920. The van der Waals surface area contributed by atoms with Gasteiger partial charge >= 0.3 is 5.97 Å². The van der Waals surface area contributed by atoms with Gasteiger partial charge in [-0.2, -0.15) is 0 Å². The fraction of sp³-hybridized carbons (Fsp3) is 0.804. The molecule has 1 aromatic rings. The minimum Gasteiger partial charge on any atom is -0.459 e. The summed E-state index contributed by atoms with van der Waals surface area (Å²) >= 11 is 0. The van der Waals surface area contributed by atoms with Crippen LogP contribution in [0.25, 0.3) is 5.57 Å². The van der Waals surface area contributed by atoms with E-state index in [1.54, 1.807) is 11.9 Å². The zero-order chi connectivity index (χ0) is 52.8. The van der Waals surface area contributed by atoms with Crippen LogP contribution < -0.4 is 22.0 Å². The number of ether oxygens (including phenoxy) is 4. The highest BCUT2D eigenvalue weighted by atomic mass is 19.1. The lowest BCUT2D eigenvalue weighted by Crippen LogP contribution is -2.59. The number of likely N-dealkylation sites (N-methyl/N-ethyl adjacent to an activating group) is 1. The van der Waals surface area contributed by atoms with Gasteiger partial charge < -0.3 is 60.5 Å². The van der Waals surface area contributed by atoms with Gasteiger partial charge in [0.05, 0.1) is 42.0 Å². The van der Waals surface area contributed by atoms with Crippen molar-refractivity contribution < 1.29 is 43.5 Å². The number of hydrogen-bond donors (Lipinski definition) is 7. The molecule has 15 nitrogen and oxygen atoms in total. The van der Waals surface area contributed by atoms with Crippen molar-refractivity contribution in [3.05, 3.63) is 48.3 Å². The molecule has 0 radical (unpaired) electrons. The zero-order valence-electron chi connectivity index (χ0n) is 46.0. The van der Waals surface area contributed by atoms with Gasteiger partial charge in [-0.1, -0.05) is 66.2 Å². The molecule has 3 saturated heterocycles. The molecule has 3 unspecified atom stereocenters. The Hall–Kier alpha value is -2.90. The number of nitrogens with one attached hydrogen (secondary N) is 3. The number of hydrazine groups is 2. The Morgan fingerprint density at radius 2 is 1.69 bits per heavy atom. The molecule has 4 heterocycles. The molecule has 8 N–H and O–H groups in total. The van der Waals surface area contributed by atoms with E-state index in [-0.39, 0.29) is 42.4 Å². The molecule has 5 aliphatic rings. The third-order valence-electron chi connectivity index (χ3n) is 17.3. The van der Waals surface area contributed by atoms with E-state index in [0.717, 1.165) is 49.1 Å². The molecule has 72 heavy (non-hydrogen) atoms. The Morgan fingerprint density at radius 3 is 2.35 bits per heavy atom. The number of carbonyl (C=O) groups is 1. The minimum absolute atomic E-state index is 0.0308. The van der Waals surface area contributed by atoms with Gasteiger partial charge in [-0.25, -0.2) is 4.39 Å². The Morgan fingerprint density at radius 1 is 1.01 bits per heavy atom. The fourth-order valence-electron chi connectivity index (χ4n) is 13.0. The number of rotatable bonds is 14. The predicted octanol–water partition coefficient (Wildman–Crippen LogP) is 7.12. The fourth-order valence-corrected chi connectivity index (χ4v) is 13.0. The number of nitrogens with two attached hydrogens (primary N) is 1. The maximum Gasteiger partial charge on any atom is 0.309 e. The van der Waals surface area contributed by atoms with Gasteiger partial charge in [0.2, 0.25) is 0 Å². The second-order valence-corrected chi connectivity index (χ2v) is 23.7. The van der Waals surface area contributed by atoms with Gasteiger partial charge in [-0.05, 0) is 135 Å². The van der Waals surface area contributed by atoms with Crippen LogP contribution in [0.5, 0.6) is 0 Å². The summed E-state index contributed by atoms with van der Waals surface area (Å²) < 4.78 is 41.6. The largest absolute Gasteiger partial charge is 0.459 e. The Balaban J connectivity index is 1.17. The molecule has 0 amide bonds. The molecule has 4 aliphatic heterocycles. The number of aliphatic hydroxyl groups is 3. The van der Waals surface area contributed by atoms with Crippen LogP contribution in [0.15, 0.2) is 42.7 Å². The van der Waals surface area contributed by atoms with Crippen molar-refractivity contribution in [2.24, 2.45) is 35.3 Å². The normalized spacial score (nSPS) is 40.6. The number of alkyl halides is 1. The summed E-state index contributed by atoms with van der Waals surface area (Å²) in [7, 11) is 4.02. The van der Waals surface area contributed by atoms with E-state index in [0.29, 0.717) is 50.3 Å². The van der Waals surface area contributed by atoms with E-state index in [1.807, 2.05) is 70.1 Å². The number of halogens is 1. The van der Waals surface area contributed by atoms with Crippen LogP contribution in [0.3, 0.4) is 0 Å². The highest BCUT2D eigenvalue weighted by Crippen LogP contribution is 2.43. The summed E-state index contributed by atoms with van der Waals surface area (Å²) in [6.07, 6.45) is 6.54. The molecule has 0 spiro atoms. The van der Waals surface area contributed by atoms with Crippen molar-refractivity contribution in [3.63, 3.8) is 0 Å². The molecule has 4 fully saturated rings. The first-order chi connectivity index (χ1) is 33.9. The number of nitrogens with zero attached hydrogens (tertiary/aromatic N) is 3. The molecule has 410 valence electrons. The van der Waals surface area contributed by atoms with Crippen molar-refractivity contribution in [2.45, 2.75) is 224 Å². The first-order valence-electron chi connectivity index (χ1n) is 27.5. The van der Waals surface area contributed by atoms with Crippen LogP contribution in [0.1, 0.15) is 145 Å². The Labute approximate surface area is 432 Å². The SMILES string of the molecule is C=C(c1ccc(NC2CCCCC2N)cc1)[C@@H](CF)N1C=C(CCN(C)[C@@H]2C[C@H](O[C@@H]3[C@@H](C)[C@H](C4C[C@H](C)C[C@H](C)O4)[C@@H](C)C(=O)O[C@H](CC)[C@@](C)(O)[C@H](O)[C@@H](C)N(C)C[C@H](C)C[C@@]3(C)O)O[C@H](C)C2)NN1. The third kappa shape index (κ3) is 14.3. The first-order valence-corrected chi connectivity index (χ1v) is 27.5. The van der Waals surface area contributed by atoms with Gasteiger partial charge in [0.1, 0.15) is 24.5 Å². The van der Waals surface area contributed by atoms with Gasteiger partial charge in [0.25, 0.3) is 0 Å². The van der Waals surface area contributed by atoms with Crippen LogP contribution in [0, 0.1) is 29.6 Å². The molecule has 16 heteroatoms. The van der Waals surface area contributed by atoms with Crippen LogP contribution in [0.2, 0.25) is 0 Å². The quantitative estimate of drug-likeness (QED) is 0.0934. The number of hydrogen-bond acceptors (Lipinski definition) is 15. The number of cyclic esters (lactones) is 1. The van der Waals surface area contributed by atoms with E-state index in [9.17, 15) is 24.5 Å². The van der Waals surface area contributed by atoms with Crippen molar-refractivity contribution in [2.75, 3.05) is 39.2 Å². The average Bonchev–Trinajstić information content (AvgIpc) is 3.79. The number of carbonyl (C=O) groups excluding carboxylic acids is 1. The molecule has 1 saturated carbocycles. The molecule has 1 aromatic carbocycles. The van der Waals surface area contributed by atoms with E-state index in [1.165, 1.54) is 12.8 Å². The van der Waals surface area contributed by atoms with Gasteiger partial charge in [0, 0.05) is 73.6 Å². The van der Waals surface area contributed by atoms with E-state index in [4.69, 9.17) is 24.7 Å². The number of benzene rings is 1. The monoisotopic (exact) mass is 1010 g/mol. The Kier molecular flexibility index (Phi) is 20.5. The number of esters is 1. The molecule has 6 rings (SSSR count). The van der Waals surface area contributed by atoms with E-state index in [2.05, 4.69) is 69.4 Å². The maximum absolute atomic E-state index is 14.8. The summed E-state index contributed by atoms with van der Waals surface area (Å²) in [6, 6.07) is 7.41. The topological polar surface area (TPSA) is 187 Å². The lowest BCUT2D eigenvalue weighted by Gasteiger charge is -2.48. The van der Waals surface area contributed by atoms with Gasteiger partial charge in [0.15, 0.2) is 6.29 Å². The standard InChI is InChI=1S/C56H96FN7O8/c1-14-49-56(11,68)52(65)40(9)63(13)31-34(3)29-55(10,67)53(38(7)51(39(8)54(66)71-49)48-26-33(2)25-35(4)69-48)72-50-28-44(27-36(5)70-50)62(12)24-23-43-32-64(61-60-43)47(30-57)37(6)41-19-21-42(22-20-41)59-46-18-16-15-17-45(46)58/h19-22,32-36,38-40,44-53,59-61,65,67-68H,6,14-18,23-31,58H2,1-5,7-13H3/t33-,34-,35+,36-,38+,39-,40-,44+,45?,46?,47-,48?,49-,50+,51+,52-,53-,55-,56-/m1/s1. The van der Waals surface area contributed by atoms with Gasteiger partial charge in [-0.15, -0.1) is 5.53 Å². The summed E-state index contributed by atoms with van der Waals surface area (Å²) in [6.45, 7) is 24.4. The highest BCUT2D eigenvalue weighted by Gasteiger charge is 2.51. The van der Waals surface area contributed by atoms with Crippen LogP contribution in [0.4, 0.5) is 10.1 Å². The third-order valence-corrected chi connectivity index (χ3v) is 17.3. The summed E-state index contributed by atoms with van der Waals surface area (Å²) in [5, 5.41) is 41.8. The predicted molar refractivity (Wildman–Crippen MR) is 283 cm³/mol. The van der Waals surface area contributed by atoms with Crippen molar-refractivity contribution >= 4 is 17.2 Å². The lowest BCUT2D eigenvalue weighted by atomic mass is 9.69. The van der Waals surface area contributed by atoms with Crippen molar-refractivity contribution in [1.82, 2.24) is 25.8 Å². The van der Waals surface area contributed by atoms with E-state index < -0.39 is 78.3 Å². The van der Waals surface area contributed by atoms with Crippen LogP contribution in [-0.4, -0.2) is 154 Å². The van der Waals surface area contributed by atoms with Crippen molar-refractivity contribution in [1.29, 1.82) is 0 Å². The zero-order valence-corrected chi connectivity index (χ0v) is 46.0. The first kappa shape index (κ1) is 58.4. The summed E-state index contributed by atoms with van der Waals surface area (Å²) in [4.78, 5) is 18.8. The minimum atomic E-state index is -1.73.